The van der Waals surface area contributed by atoms with Crippen molar-refractivity contribution < 1.29 is 49.0 Å². The second kappa shape index (κ2) is 14.9. The maximum atomic E-state index is 14.9. The maximum Gasteiger partial charge on any atom is 0.534 e. The second-order valence-corrected chi connectivity index (χ2v) is 26.6. The van der Waals surface area contributed by atoms with E-state index in [-0.39, 0.29) is 46.3 Å². The normalized spacial score (nSPS) is 18.1. The molecule has 50 heavy (non-hydrogen) atoms. The number of ether oxygens (including phenoxy) is 1. The van der Waals surface area contributed by atoms with Gasteiger partial charge in [-0.1, -0.05) is 84.0 Å². The maximum absolute atomic E-state index is 14.9. The molecule has 0 aliphatic heterocycles. The molecular formula is C35H50F3NO8SSi2. The zero-order valence-corrected chi connectivity index (χ0v) is 33.5. The number of benzene rings is 2. The number of esters is 1. The minimum Gasteiger partial charge on any atom is -0.466 e. The highest BCUT2D eigenvalue weighted by Gasteiger charge is 2.50. The fourth-order valence-electron chi connectivity index (χ4n) is 4.91. The monoisotopic (exact) mass is 757 g/mol. The molecule has 15 heteroatoms. The highest BCUT2D eigenvalue weighted by molar-refractivity contribution is 7.88. The summed E-state index contributed by atoms with van der Waals surface area (Å²) in [7, 11) is -9.84. The molecule has 1 aliphatic rings. The average molecular weight is 758 g/mol. The number of rotatable bonds is 11. The Kier molecular flexibility index (Phi) is 12.4. The van der Waals surface area contributed by atoms with Gasteiger partial charge in [-0.2, -0.15) is 21.6 Å². The summed E-state index contributed by atoms with van der Waals surface area (Å²) in [6.45, 7) is 20.7. The first-order chi connectivity index (χ1) is 22.7. The molecule has 1 aliphatic carbocycles. The van der Waals surface area contributed by atoms with Crippen LogP contribution in [-0.4, -0.2) is 61.8 Å². The Balaban J connectivity index is 2.27. The quantitative estimate of drug-likeness (QED) is 0.0973. The van der Waals surface area contributed by atoms with Gasteiger partial charge in [0.05, 0.1) is 31.5 Å². The number of alkyl halides is 3. The van der Waals surface area contributed by atoms with E-state index in [1.54, 1.807) is 30.3 Å². The fraction of sp³-hybridized carbons (Fsp3) is 0.543. The van der Waals surface area contributed by atoms with Crippen LogP contribution < -0.4 is 9.08 Å². The summed E-state index contributed by atoms with van der Waals surface area (Å²) in [6, 6.07) is 13.7. The number of anilines is 1. The van der Waals surface area contributed by atoms with E-state index in [0.29, 0.717) is 5.56 Å². The van der Waals surface area contributed by atoms with Crippen LogP contribution in [0.5, 0.6) is 5.75 Å². The molecule has 0 radical (unpaired) electrons. The molecule has 0 N–H and O–H groups in total. The molecule has 0 unspecified atom stereocenters. The first-order valence-electron chi connectivity index (χ1n) is 16.3. The molecule has 2 atom stereocenters. The van der Waals surface area contributed by atoms with Gasteiger partial charge in [-0.3, -0.25) is 4.79 Å². The van der Waals surface area contributed by atoms with Crippen LogP contribution in [0.1, 0.15) is 59.9 Å². The molecule has 1 amide bonds. The lowest BCUT2D eigenvalue weighted by atomic mass is 9.86. The molecule has 278 valence electrons. The third kappa shape index (κ3) is 9.46. The van der Waals surface area contributed by atoms with Gasteiger partial charge in [0, 0.05) is 24.0 Å². The predicted octanol–water partition coefficient (Wildman–Crippen LogP) is 8.49. The van der Waals surface area contributed by atoms with Gasteiger partial charge in [-0.05, 0) is 54.0 Å². The van der Waals surface area contributed by atoms with Gasteiger partial charge in [0.25, 0.3) is 5.91 Å². The zero-order valence-electron chi connectivity index (χ0n) is 30.7. The highest BCUT2D eigenvalue weighted by atomic mass is 32.2. The number of halogens is 3. The summed E-state index contributed by atoms with van der Waals surface area (Å²) in [6.07, 6.45) is -1.34. The van der Waals surface area contributed by atoms with Crippen LogP contribution in [-0.2, 0) is 39.8 Å². The molecule has 0 fully saturated rings. The number of hydrogen-bond acceptors (Lipinski definition) is 8. The Hall–Kier alpha value is -2.99. The first-order valence-corrected chi connectivity index (χ1v) is 23.6. The van der Waals surface area contributed by atoms with Crippen LogP contribution in [0.4, 0.5) is 18.9 Å². The first kappa shape index (κ1) is 41.4. The van der Waals surface area contributed by atoms with E-state index in [2.05, 4.69) is 71.9 Å². The van der Waals surface area contributed by atoms with Gasteiger partial charge >= 0.3 is 21.6 Å². The molecule has 0 aromatic heterocycles. The van der Waals surface area contributed by atoms with Crippen LogP contribution in [0.15, 0.2) is 65.7 Å². The number of methoxy groups -OCH3 is 1. The standard InChI is InChI=1S/C35H50F3NO8SSi2/c1-33(2,3)49(8,9)46-29-21-25(26(32(41)44-7)22-30(29)47-50(10,11)34(4,5)6)31(40)39(23-24-17-13-12-14-18-24)27-19-15-16-20-28(27)45-48(42,43)35(36,37)38/h12-20,29-30H,21-23H2,1-11H3/t29-,30-/m1/s1. The Morgan fingerprint density at radius 3 is 1.70 bits per heavy atom. The third-order valence-electron chi connectivity index (χ3n) is 9.85. The van der Waals surface area contributed by atoms with Crippen molar-refractivity contribution in [3.8, 4) is 5.75 Å². The second-order valence-electron chi connectivity index (χ2n) is 15.5. The summed E-state index contributed by atoms with van der Waals surface area (Å²) in [5, 5.41) is -0.405. The van der Waals surface area contributed by atoms with Crippen LogP contribution in [0.3, 0.4) is 0 Å². The summed E-state index contributed by atoms with van der Waals surface area (Å²) >= 11 is 0. The van der Waals surface area contributed by atoms with Gasteiger partial charge in [0.2, 0.25) is 0 Å². The molecule has 0 spiro atoms. The summed E-state index contributed by atoms with van der Waals surface area (Å²) in [5.74, 6) is -2.21. The lowest BCUT2D eigenvalue weighted by Gasteiger charge is -2.47. The van der Waals surface area contributed by atoms with Gasteiger partial charge in [0.15, 0.2) is 22.4 Å². The number of carbonyl (C=O) groups excluding carboxylic acids is 2. The largest absolute Gasteiger partial charge is 0.534 e. The molecule has 0 saturated heterocycles. The van der Waals surface area contributed by atoms with Crippen molar-refractivity contribution in [3.05, 3.63) is 71.3 Å². The van der Waals surface area contributed by atoms with Crippen molar-refractivity contribution in [1.29, 1.82) is 0 Å². The molecule has 9 nitrogen and oxygen atoms in total. The van der Waals surface area contributed by atoms with Crippen molar-refractivity contribution in [2.45, 2.75) is 115 Å². The molecule has 0 bridgehead atoms. The van der Waals surface area contributed by atoms with Gasteiger partial charge < -0.3 is 22.7 Å². The van der Waals surface area contributed by atoms with E-state index in [9.17, 15) is 31.2 Å². The van der Waals surface area contributed by atoms with Crippen molar-refractivity contribution in [2.75, 3.05) is 12.0 Å². The van der Waals surface area contributed by atoms with Gasteiger partial charge in [-0.25, -0.2) is 4.79 Å². The van der Waals surface area contributed by atoms with E-state index in [4.69, 9.17) is 13.6 Å². The van der Waals surface area contributed by atoms with Crippen molar-refractivity contribution in [1.82, 2.24) is 0 Å². The van der Waals surface area contributed by atoms with E-state index < -0.39 is 62.1 Å². The highest BCUT2D eigenvalue weighted by Crippen LogP contribution is 2.45. The van der Waals surface area contributed by atoms with Crippen molar-refractivity contribution in [2.24, 2.45) is 0 Å². The van der Waals surface area contributed by atoms with Crippen LogP contribution >= 0.6 is 0 Å². The number of nitrogens with zero attached hydrogens (tertiary/aromatic N) is 1. The molecule has 2 aromatic carbocycles. The SMILES string of the molecule is COC(=O)C1=C(C(=O)N(Cc2ccccc2)c2ccccc2OS(=O)(=O)C(F)(F)F)C[C@@H](O[Si](C)(C)C(C)(C)C)[C@H](O[Si](C)(C)C(C)(C)C)C1. The molecule has 3 rings (SSSR count). The minimum absolute atomic E-state index is 0.0146. The average Bonchev–Trinajstić information content (AvgIpc) is 2.98. The summed E-state index contributed by atoms with van der Waals surface area (Å²) < 4.78 is 88.2. The Labute approximate surface area is 296 Å². The predicted molar refractivity (Wildman–Crippen MR) is 192 cm³/mol. The lowest BCUT2D eigenvalue weighted by molar-refractivity contribution is -0.137. The Morgan fingerprint density at radius 2 is 1.24 bits per heavy atom. The van der Waals surface area contributed by atoms with Crippen LogP contribution in [0, 0.1) is 0 Å². The van der Waals surface area contributed by atoms with Crippen molar-refractivity contribution in [3.63, 3.8) is 0 Å². The smallest absolute Gasteiger partial charge is 0.466 e. The van der Waals surface area contributed by atoms with E-state index >= 15 is 0 Å². The summed E-state index contributed by atoms with van der Waals surface area (Å²) in [5.41, 5.74) is -5.30. The molecular weight excluding hydrogens is 708 g/mol. The third-order valence-corrected chi connectivity index (χ3v) is 19.8. The Bertz CT molecular complexity index is 1680. The lowest BCUT2D eigenvalue weighted by Crippen LogP contribution is -2.54. The molecule has 0 heterocycles. The van der Waals surface area contributed by atoms with Gasteiger partial charge in [-0.15, -0.1) is 0 Å². The minimum atomic E-state index is -6.09. The zero-order chi connectivity index (χ0) is 38.1. The topological polar surface area (TPSA) is 108 Å². The number of para-hydroxylation sites is 2. The van der Waals surface area contributed by atoms with Crippen LogP contribution in [0.2, 0.25) is 36.3 Å². The van der Waals surface area contributed by atoms with E-state index in [0.717, 1.165) is 11.0 Å². The van der Waals surface area contributed by atoms with E-state index in [1.165, 1.54) is 25.3 Å². The number of hydrogen-bond donors (Lipinski definition) is 0. The van der Waals surface area contributed by atoms with Crippen molar-refractivity contribution >= 4 is 44.3 Å². The summed E-state index contributed by atoms with van der Waals surface area (Å²) in [4.78, 5) is 29.4. The van der Waals surface area contributed by atoms with E-state index in [1.807, 2.05) is 0 Å². The fourth-order valence-corrected chi connectivity index (χ4v) is 8.08. The van der Waals surface area contributed by atoms with Crippen LogP contribution in [0.25, 0.3) is 0 Å². The number of amides is 1. The van der Waals surface area contributed by atoms with Gasteiger partial charge in [0.1, 0.15) is 0 Å². The molecule has 2 aromatic rings. The molecule has 0 saturated carbocycles. The number of carbonyl (C=O) groups is 2. The Morgan fingerprint density at radius 1 is 0.780 bits per heavy atom.